The number of carbonyl (C=O) groups excluding carboxylic acids is 1. The summed E-state index contributed by atoms with van der Waals surface area (Å²) in [5, 5.41) is 10.0. The number of aromatic amines is 1. The molecule has 0 aromatic carbocycles. The Kier molecular flexibility index (Phi) is 3.43. The van der Waals surface area contributed by atoms with Crippen LogP contribution in [0.15, 0.2) is 30.7 Å². The molecule has 0 saturated carbocycles. The molecule has 0 unspecified atom stereocenters. The standard InChI is InChI=1S/C18H16N6OS/c19-7-13-3-4-15(26-13)18(25)24-11-1-2-12(24)9-23(8-11)17-14-5-6-20-16(14)21-10-22-17/h3-6,10-12H,1-2,8-9H2,(H,20,21,22)/t11-,12+. The Morgan fingerprint density at radius 3 is 2.77 bits per heavy atom. The molecule has 1 amide bonds. The van der Waals surface area contributed by atoms with Crippen molar-refractivity contribution in [2.24, 2.45) is 0 Å². The maximum atomic E-state index is 13.0. The lowest BCUT2D eigenvalue weighted by atomic mass is 10.1. The van der Waals surface area contributed by atoms with Crippen molar-refractivity contribution >= 4 is 34.1 Å². The molecule has 2 aliphatic heterocycles. The van der Waals surface area contributed by atoms with Crippen molar-refractivity contribution in [3.05, 3.63) is 40.5 Å². The van der Waals surface area contributed by atoms with Gasteiger partial charge in [-0.05, 0) is 31.0 Å². The summed E-state index contributed by atoms with van der Waals surface area (Å²) in [5.41, 5.74) is 0.837. The molecule has 8 heteroatoms. The number of piperazine rings is 1. The number of H-pyrrole nitrogens is 1. The molecule has 2 fully saturated rings. The maximum Gasteiger partial charge on any atom is 0.264 e. The van der Waals surface area contributed by atoms with E-state index in [4.69, 9.17) is 5.26 Å². The minimum Gasteiger partial charge on any atom is -0.352 e. The molecular weight excluding hydrogens is 348 g/mol. The van der Waals surface area contributed by atoms with Crippen molar-refractivity contribution in [1.29, 1.82) is 5.26 Å². The summed E-state index contributed by atoms with van der Waals surface area (Å²) in [6, 6.07) is 7.96. The number of nitrogens with one attached hydrogen (secondary N) is 1. The van der Waals surface area contributed by atoms with E-state index in [9.17, 15) is 4.79 Å². The summed E-state index contributed by atoms with van der Waals surface area (Å²) >= 11 is 1.28. The minimum absolute atomic E-state index is 0.0538. The van der Waals surface area contributed by atoms with E-state index in [1.165, 1.54) is 11.3 Å². The normalized spacial score (nSPS) is 22.0. The van der Waals surface area contributed by atoms with Gasteiger partial charge in [0.15, 0.2) is 0 Å². The molecule has 3 aromatic rings. The summed E-state index contributed by atoms with van der Waals surface area (Å²) in [5.74, 6) is 0.987. The molecule has 2 aliphatic rings. The van der Waals surface area contributed by atoms with E-state index in [2.05, 4.69) is 25.9 Å². The molecule has 2 atom stereocenters. The van der Waals surface area contributed by atoms with Gasteiger partial charge in [0.2, 0.25) is 0 Å². The van der Waals surface area contributed by atoms with Crippen molar-refractivity contribution in [2.75, 3.05) is 18.0 Å². The first kappa shape index (κ1) is 15.3. The topological polar surface area (TPSA) is 88.9 Å². The lowest BCUT2D eigenvalue weighted by Crippen LogP contribution is -2.56. The van der Waals surface area contributed by atoms with Crippen molar-refractivity contribution in [3.8, 4) is 6.07 Å². The second-order valence-electron chi connectivity index (χ2n) is 6.72. The predicted octanol–water partition coefficient (Wildman–Crippen LogP) is 2.38. The van der Waals surface area contributed by atoms with Gasteiger partial charge in [0.1, 0.15) is 28.7 Å². The Labute approximate surface area is 153 Å². The molecule has 0 aliphatic carbocycles. The number of anilines is 1. The second kappa shape index (κ2) is 5.81. The monoisotopic (exact) mass is 364 g/mol. The lowest BCUT2D eigenvalue weighted by molar-refractivity contribution is 0.0646. The summed E-state index contributed by atoms with van der Waals surface area (Å²) in [4.78, 5) is 30.4. The zero-order valence-electron chi connectivity index (χ0n) is 13.9. The van der Waals surface area contributed by atoms with Crippen molar-refractivity contribution in [1.82, 2.24) is 19.9 Å². The molecule has 2 bridgehead atoms. The average molecular weight is 364 g/mol. The molecule has 130 valence electrons. The molecular formula is C18H16N6OS. The summed E-state index contributed by atoms with van der Waals surface area (Å²) in [6.07, 6.45) is 5.47. The highest BCUT2D eigenvalue weighted by Crippen LogP contribution is 2.35. The maximum absolute atomic E-state index is 13.0. The first-order valence-electron chi connectivity index (χ1n) is 8.60. The molecule has 7 nitrogen and oxygen atoms in total. The SMILES string of the molecule is N#Cc1ccc(C(=O)N2[C@@H]3CC[C@H]2CN(c2ncnc4[nH]ccc24)C3)s1. The summed E-state index contributed by atoms with van der Waals surface area (Å²) in [7, 11) is 0. The first-order chi connectivity index (χ1) is 12.7. The first-order valence-corrected chi connectivity index (χ1v) is 9.42. The smallest absolute Gasteiger partial charge is 0.264 e. The number of thiophene rings is 1. The molecule has 5 rings (SSSR count). The van der Waals surface area contributed by atoms with Crippen LogP contribution in [0, 0.1) is 11.3 Å². The predicted molar refractivity (Wildman–Crippen MR) is 98.1 cm³/mol. The van der Waals surface area contributed by atoms with Crippen molar-refractivity contribution in [2.45, 2.75) is 24.9 Å². The Balaban J connectivity index is 1.42. The number of fused-ring (bicyclic) bond motifs is 3. The van der Waals surface area contributed by atoms with Crippen molar-refractivity contribution in [3.63, 3.8) is 0 Å². The number of nitriles is 1. The van der Waals surface area contributed by atoms with Crippen LogP contribution >= 0.6 is 11.3 Å². The highest BCUT2D eigenvalue weighted by atomic mass is 32.1. The van der Waals surface area contributed by atoms with E-state index in [1.807, 2.05) is 17.2 Å². The van der Waals surface area contributed by atoms with Crippen LogP contribution in [0.5, 0.6) is 0 Å². The fraction of sp³-hybridized carbons (Fsp3) is 0.333. The van der Waals surface area contributed by atoms with Gasteiger partial charge < -0.3 is 14.8 Å². The van der Waals surface area contributed by atoms with Crippen LogP contribution in [-0.2, 0) is 0 Å². The zero-order valence-corrected chi connectivity index (χ0v) is 14.7. The van der Waals surface area contributed by atoms with Crippen LogP contribution in [0.4, 0.5) is 5.82 Å². The largest absolute Gasteiger partial charge is 0.352 e. The molecule has 5 heterocycles. The zero-order chi connectivity index (χ0) is 17.7. The minimum atomic E-state index is 0.0538. The van der Waals surface area contributed by atoms with Gasteiger partial charge in [-0.3, -0.25) is 4.79 Å². The Bertz CT molecular complexity index is 1020. The third-order valence-corrected chi connectivity index (χ3v) is 6.25. The van der Waals surface area contributed by atoms with Gasteiger partial charge >= 0.3 is 0 Å². The molecule has 0 spiro atoms. The Morgan fingerprint density at radius 2 is 2.04 bits per heavy atom. The van der Waals surface area contributed by atoms with Gasteiger partial charge in [0.25, 0.3) is 5.91 Å². The fourth-order valence-electron chi connectivity index (χ4n) is 4.16. The number of aromatic nitrogens is 3. The lowest BCUT2D eigenvalue weighted by Gasteiger charge is -2.41. The van der Waals surface area contributed by atoms with Crippen LogP contribution in [0.2, 0.25) is 0 Å². The van der Waals surface area contributed by atoms with Gasteiger partial charge in [-0.15, -0.1) is 11.3 Å². The van der Waals surface area contributed by atoms with E-state index < -0.39 is 0 Å². The van der Waals surface area contributed by atoms with Crippen LogP contribution in [0.25, 0.3) is 11.0 Å². The van der Waals surface area contributed by atoms with E-state index in [1.54, 1.807) is 18.5 Å². The highest BCUT2D eigenvalue weighted by Gasteiger charge is 2.43. The van der Waals surface area contributed by atoms with E-state index >= 15 is 0 Å². The van der Waals surface area contributed by atoms with E-state index in [0.717, 1.165) is 42.8 Å². The van der Waals surface area contributed by atoms with Crippen LogP contribution < -0.4 is 4.90 Å². The molecule has 1 N–H and O–H groups in total. The second-order valence-corrected chi connectivity index (χ2v) is 7.80. The van der Waals surface area contributed by atoms with Crippen LogP contribution in [-0.4, -0.2) is 50.9 Å². The average Bonchev–Trinajstić information content (AvgIpc) is 3.38. The quantitative estimate of drug-likeness (QED) is 0.754. The van der Waals surface area contributed by atoms with Gasteiger partial charge in [-0.1, -0.05) is 0 Å². The van der Waals surface area contributed by atoms with E-state index in [0.29, 0.717) is 9.75 Å². The van der Waals surface area contributed by atoms with Gasteiger partial charge in [0.05, 0.1) is 22.3 Å². The third-order valence-electron chi connectivity index (χ3n) is 5.28. The number of hydrogen-bond donors (Lipinski definition) is 1. The summed E-state index contributed by atoms with van der Waals surface area (Å²) < 4.78 is 0. The molecule has 26 heavy (non-hydrogen) atoms. The van der Waals surface area contributed by atoms with Gasteiger partial charge in [0, 0.05) is 19.3 Å². The Morgan fingerprint density at radius 1 is 1.23 bits per heavy atom. The van der Waals surface area contributed by atoms with Crippen LogP contribution in [0.3, 0.4) is 0 Å². The van der Waals surface area contributed by atoms with Crippen molar-refractivity contribution < 1.29 is 4.79 Å². The van der Waals surface area contributed by atoms with Crippen LogP contribution in [0.1, 0.15) is 27.4 Å². The number of carbonyl (C=O) groups is 1. The number of amides is 1. The number of hydrogen-bond acceptors (Lipinski definition) is 6. The molecule has 3 aromatic heterocycles. The fourth-order valence-corrected chi connectivity index (χ4v) is 4.91. The number of nitrogens with zero attached hydrogens (tertiary/aromatic N) is 5. The summed E-state index contributed by atoms with van der Waals surface area (Å²) in [6.45, 7) is 1.55. The number of rotatable bonds is 2. The third kappa shape index (κ3) is 2.28. The highest BCUT2D eigenvalue weighted by molar-refractivity contribution is 7.14. The van der Waals surface area contributed by atoms with Gasteiger partial charge in [-0.25, -0.2) is 9.97 Å². The molecule has 0 radical (unpaired) electrons. The van der Waals surface area contributed by atoms with E-state index in [-0.39, 0.29) is 18.0 Å². The Hall–Kier alpha value is -2.92. The van der Waals surface area contributed by atoms with Gasteiger partial charge in [-0.2, -0.15) is 5.26 Å². The molecule has 2 saturated heterocycles.